The molecular formula is C20H16N4O. The fourth-order valence-electron chi connectivity index (χ4n) is 2.72. The third kappa shape index (κ3) is 2.87. The molecule has 0 aliphatic heterocycles. The van der Waals surface area contributed by atoms with Crippen molar-refractivity contribution in [2.75, 3.05) is 0 Å². The Morgan fingerprint density at radius 1 is 0.920 bits per heavy atom. The van der Waals surface area contributed by atoms with Gasteiger partial charge in [0.1, 0.15) is 5.69 Å². The minimum absolute atomic E-state index is 0.0296. The van der Waals surface area contributed by atoms with Crippen LogP contribution in [-0.4, -0.2) is 25.3 Å². The molecule has 0 saturated heterocycles. The van der Waals surface area contributed by atoms with E-state index in [-0.39, 0.29) is 5.78 Å². The Morgan fingerprint density at radius 2 is 1.56 bits per heavy atom. The molecule has 5 heteroatoms. The van der Waals surface area contributed by atoms with Gasteiger partial charge in [0.15, 0.2) is 5.78 Å². The van der Waals surface area contributed by atoms with Gasteiger partial charge in [0.2, 0.25) is 0 Å². The molecule has 5 nitrogen and oxygen atoms in total. The van der Waals surface area contributed by atoms with Crippen molar-refractivity contribution in [1.82, 2.24) is 19.6 Å². The van der Waals surface area contributed by atoms with Crippen LogP contribution in [0.5, 0.6) is 0 Å². The molecule has 0 bridgehead atoms. The first-order valence-electron chi connectivity index (χ1n) is 7.99. The van der Waals surface area contributed by atoms with E-state index in [1.165, 1.54) is 0 Å². The molecule has 0 amide bonds. The largest absolute Gasteiger partial charge is 0.293 e. The fourth-order valence-corrected chi connectivity index (χ4v) is 2.72. The van der Waals surface area contributed by atoms with Crippen LogP contribution < -0.4 is 0 Å². The maximum Gasteiger partial charge on any atom is 0.178 e. The third-order valence-electron chi connectivity index (χ3n) is 3.97. The van der Waals surface area contributed by atoms with Crippen molar-refractivity contribution in [2.45, 2.75) is 6.92 Å². The van der Waals surface area contributed by atoms with Gasteiger partial charge in [-0.2, -0.15) is 10.2 Å². The van der Waals surface area contributed by atoms with E-state index in [0.717, 1.165) is 22.6 Å². The van der Waals surface area contributed by atoms with Gasteiger partial charge in [-0.25, -0.2) is 9.36 Å². The van der Waals surface area contributed by atoms with Gasteiger partial charge < -0.3 is 0 Å². The monoisotopic (exact) mass is 328 g/mol. The molecule has 0 unspecified atom stereocenters. The summed E-state index contributed by atoms with van der Waals surface area (Å²) in [7, 11) is 0. The molecule has 0 aliphatic carbocycles. The molecule has 4 aromatic rings. The van der Waals surface area contributed by atoms with Crippen LogP contribution in [0, 0.1) is 0 Å². The second-order valence-corrected chi connectivity index (χ2v) is 5.73. The van der Waals surface area contributed by atoms with Crippen molar-refractivity contribution in [1.29, 1.82) is 0 Å². The standard InChI is InChI=1S/C20H16N4O/c1-15(25)20-12-19(22-24(20)18-10-6-3-7-11-18)16-13-21-23(14-16)17-8-4-2-5-9-17/h2-14H,1H3. The summed E-state index contributed by atoms with van der Waals surface area (Å²) in [6.45, 7) is 1.55. The topological polar surface area (TPSA) is 52.7 Å². The highest BCUT2D eigenvalue weighted by molar-refractivity contribution is 5.94. The number of aromatic nitrogens is 4. The number of rotatable bonds is 4. The smallest absolute Gasteiger partial charge is 0.178 e. The van der Waals surface area contributed by atoms with Crippen LogP contribution in [0.15, 0.2) is 79.1 Å². The van der Waals surface area contributed by atoms with E-state index in [2.05, 4.69) is 10.2 Å². The summed E-state index contributed by atoms with van der Waals surface area (Å²) in [5.41, 5.74) is 3.96. The number of carbonyl (C=O) groups excluding carboxylic acids is 1. The lowest BCUT2D eigenvalue weighted by atomic mass is 10.2. The third-order valence-corrected chi connectivity index (χ3v) is 3.97. The molecule has 0 saturated carbocycles. The number of nitrogens with zero attached hydrogens (tertiary/aromatic N) is 4. The highest BCUT2D eigenvalue weighted by Gasteiger charge is 2.15. The number of benzene rings is 2. The average Bonchev–Trinajstić information content (AvgIpc) is 3.30. The molecule has 0 aliphatic rings. The molecule has 4 rings (SSSR count). The van der Waals surface area contributed by atoms with Gasteiger partial charge in [0.25, 0.3) is 0 Å². The van der Waals surface area contributed by atoms with E-state index in [1.54, 1.807) is 22.5 Å². The van der Waals surface area contributed by atoms with Gasteiger partial charge in [-0.3, -0.25) is 4.79 Å². The zero-order valence-electron chi connectivity index (χ0n) is 13.7. The van der Waals surface area contributed by atoms with Crippen molar-refractivity contribution in [3.8, 4) is 22.6 Å². The van der Waals surface area contributed by atoms with E-state index in [0.29, 0.717) is 5.69 Å². The second kappa shape index (κ2) is 6.20. The predicted octanol–water partition coefficient (Wildman–Crippen LogP) is 3.93. The minimum Gasteiger partial charge on any atom is -0.293 e. The van der Waals surface area contributed by atoms with Crippen LogP contribution in [0.25, 0.3) is 22.6 Å². The molecule has 25 heavy (non-hydrogen) atoms. The number of carbonyl (C=O) groups is 1. The highest BCUT2D eigenvalue weighted by atomic mass is 16.1. The van der Waals surface area contributed by atoms with Crippen molar-refractivity contribution in [3.05, 3.63) is 84.8 Å². The minimum atomic E-state index is -0.0296. The van der Waals surface area contributed by atoms with Crippen LogP contribution in [0.3, 0.4) is 0 Å². The number of hydrogen-bond acceptors (Lipinski definition) is 3. The molecule has 0 atom stereocenters. The van der Waals surface area contributed by atoms with Gasteiger partial charge in [-0.05, 0) is 30.3 Å². The van der Waals surface area contributed by atoms with E-state index in [9.17, 15) is 4.79 Å². The number of Topliss-reactive ketones (excluding diaryl/α,β-unsaturated/α-hetero) is 1. The van der Waals surface area contributed by atoms with Crippen LogP contribution in [-0.2, 0) is 0 Å². The van der Waals surface area contributed by atoms with Crippen LogP contribution in [0.2, 0.25) is 0 Å². The van der Waals surface area contributed by atoms with Gasteiger partial charge >= 0.3 is 0 Å². The fraction of sp³-hybridized carbons (Fsp3) is 0.0500. The number of para-hydroxylation sites is 2. The summed E-state index contributed by atoms with van der Waals surface area (Å²) in [5, 5.41) is 9.02. The molecule has 2 aromatic heterocycles. The lowest BCUT2D eigenvalue weighted by molar-refractivity contribution is 0.101. The van der Waals surface area contributed by atoms with Gasteiger partial charge in [-0.15, -0.1) is 0 Å². The lowest BCUT2D eigenvalue weighted by Crippen LogP contribution is -2.05. The highest BCUT2D eigenvalue weighted by Crippen LogP contribution is 2.22. The first kappa shape index (κ1) is 15.1. The SMILES string of the molecule is CC(=O)c1cc(-c2cnn(-c3ccccc3)c2)nn1-c1ccccc1. The van der Waals surface area contributed by atoms with Gasteiger partial charge in [0, 0.05) is 18.7 Å². The molecule has 2 aromatic carbocycles. The summed E-state index contributed by atoms with van der Waals surface area (Å²) in [6.07, 6.45) is 3.67. The zero-order chi connectivity index (χ0) is 17.2. The van der Waals surface area contributed by atoms with Crippen molar-refractivity contribution >= 4 is 5.78 Å². The average molecular weight is 328 g/mol. The Kier molecular flexibility index (Phi) is 3.74. The van der Waals surface area contributed by atoms with Crippen LogP contribution in [0.1, 0.15) is 17.4 Å². The molecule has 0 spiro atoms. The Balaban J connectivity index is 1.77. The second-order valence-electron chi connectivity index (χ2n) is 5.73. The lowest BCUT2D eigenvalue weighted by Gasteiger charge is -2.03. The zero-order valence-corrected chi connectivity index (χ0v) is 13.7. The number of hydrogen-bond donors (Lipinski definition) is 0. The molecule has 0 fully saturated rings. The molecule has 122 valence electrons. The molecule has 0 radical (unpaired) electrons. The Labute approximate surface area is 145 Å². The number of ketones is 1. The van der Waals surface area contributed by atoms with Crippen LogP contribution >= 0.6 is 0 Å². The van der Waals surface area contributed by atoms with E-state index in [4.69, 9.17) is 0 Å². The summed E-state index contributed by atoms with van der Waals surface area (Å²) in [5.74, 6) is -0.0296. The van der Waals surface area contributed by atoms with Gasteiger partial charge in [-0.1, -0.05) is 36.4 Å². The van der Waals surface area contributed by atoms with Crippen molar-refractivity contribution in [3.63, 3.8) is 0 Å². The maximum absolute atomic E-state index is 12.0. The Hall–Kier alpha value is -3.47. The van der Waals surface area contributed by atoms with E-state index < -0.39 is 0 Å². The summed E-state index contributed by atoms with van der Waals surface area (Å²) in [6, 6.07) is 21.3. The van der Waals surface area contributed by atoms with Gasteiger partial charge in [0.05, 0.1) is 23.3 Å². The summed E-state index contributed by atoms with van der Waals surface area (Å²) >= 11 is 0. The van der Waals surface area contributed by atoms with Crippen molar-refractivity contribution in [2.24, 2.45) is 0 Å². The quantitative estimate of drug-likeness (QED) is 0.533. The van der Waals surface area contributed by atoms with E-state index in [1.807, 2.05) is 72.9 Å². The Morgan fingerprint density at radius 3 is 2.20 bits per heavy atom. The normalized spacial score (nSPS) is 10.8. The first-order chi connectivity index (χ1) is 12.2. The van der Waals surface area contributed by atoms with Crippen molar-refractivity contribution < 1.29 is 4.79 Å². The molecule has 2 heterocycles. The molecular weight excluding hydrogens is 312 g/mol. The van der Waals surface area contributed by atoms with Crippen LogP contribution in [0.4, 0.5) is 0 Å². The molecule has 0 N–H and O–H groups in total. The summed E-state index contributed by atoms with van der Waals surface area (Å²) < 4.78 is 3.47. The summed E-state index contributed by atoms with van der Waals surface area (Å²) in [4.78, 5) is 12.0. The predicted molar refractivity (Wildman–Crippen MR) is 96.1 cm³/mol. The Bertz CT molecular complexity index is 1020. The first-order valence-corrected chi connectivity index (χ1v) is 7.99. The van der Waals surface area contributed by atoms with E-state index >= 15 is 0 Å². The maximum atomic E-state index is 12.0.